The average Bonchev–Trinajstić information content (AvgIpc) is 2.82. The van der Waals surface area contributed by atoms with Crippen LogP contribution in [0.1, 0.15) is 22.6 Å². The number of rotatable bonds is 4. The lowest BCUT2D eigenvalue weighted by Crippen LogP contribution is -2.14. The number of anilines is 2. The molecule has 0 bridgehead atoms. The van der Waals surface area contributed by atoms with Crippen molar-refractivity contribution in [1.29, 1.82) is 0 Å². The van der Waals surface area contributed by atoms with Gasteiger partial charge in [0.25, 0.3) is 0 Å². The number of hydrogen-bond donors (Lipinski definition) is 2. The first-order chi connectivity index (χ1) is 9.38. The van der Waals surface area contributed by atoms with E-state index in [0.717, 1.165) is 16.3 Å². The number of halogens is 3. The molecule has 2 rings (SSSR count). The molecule has 0 amide bonds. The number of thiazole rings is 1. The van der Waals surface area contributed by atoms with Crippen molar-refractivity contribution in [3.63, 3.8) is 0 Å². The van der Waals surface area contributed by atoms with Gasteiger partial charge in [0.15, 0.2) is 0 Å². The summed E-state index contributed by atoms with van der Waals surface area (Å²) in [5.41, 5.74) is 5.35. The molecule has 20 heavy (non-hydrogen) atoms. The fourth-order valence-corrected chi connectivity index (χ4v) is 2.24. The third-order valence-corrected chi connectivity index (χ3v) is 3.51. The maximum Gasteiger partial charge on any atom is 0.451 e. The molecule has 0 aliphatic heterocycles. The highest BCUT2D eigenvalue weighted by atomic mass is 32.1. The van der Waals surface area contributed by atoms with Crippen LogP contribution in [-0.4, -0.2) is 15.0 Å². The van der Waals surface area contributed by atoms with Crippen LogP contribution in [0.5, 0.6) is 0 Å². The second kappa shape index (κ2) is 5.61. The molecule has 0 spiro atoms. The standard InChI is InChI=1S/C11H12F3N5S/c1-2-6-4-17-9(20-6)5-16-8-3-7(15)18-10(19-8)11(12,13)14/h3-4H,2,5H2,1H3,(H3,15,16,18,19). The molecule has 9 heteroatoms. The summed E-state index contributed by atoms with van der Waals surface area (Å²) in [7, 11) is 0. The van der Waals surface area contributed by atoms with Gasteiger partial charge in [-0.05, 0) is 6.42 Å². The van der Waals surface area contributed by atoms with Crippen molar-refractivity contribution in [2.75, 3.05) is 11.1 Å². The van der Waals surface area contributed by atoms with Crippen LogP contribution >= 0.6 is 11.3 Å². The van der Waals surface area contributed by atoms with E-state index in [9.17, 15) is 13.2 Å². The quantitative estimate of drug-likeness (QED) is 0.908. The minimum atomic E-state index is -4.62. The van der Waals surface area contributed by atoms with E-state index in [1.54, 1.807) is 6.20 Å². The van der Waals surface area contributed by atoms with Gasteiger partial charge >= 0.3 is 6.18 Å². The summed E-state index contributed by atoms with van der Waals surface area (Å²) in [6.45, 7) is 2.30. The van der Waals surface area contributed by atoms with Gasteiger partial charge in [0.05, 0.1) is 6.54 Å². The van der Waals surface area contributed by atoms with E-state index in [-0.39, 0.29) is 11.6 Å². The Kier molecular flexibility index (Phi) is 4.07. The monoisotopic (exact) mass is 303 g/mol. The van der Waals surface area contributed by atoms with E-state index in [4.69, 9.17) is 5.73 Å². The van der Waals surface area contributed by atoms with E-state index in [2.05, 4.69) is 20.3 Å². The highest BCUT2D eigenvalue weighted by Gasteiger charge is 2.35. The SMILES string of the molecule is CCc1cnc(CNc2cc(N)nc(C(F)(F)F)n2)s1. The lowest BCUT2D eigenvalue weighted by atomic mass is 10.4. The Labute approximate surface area is 117 Å². The number of hydrogen-bond acceptors (Lipinski definition) is 6. The normalized spacial score (nSPS) is 11.6. The van der Waals surface area contributed by atoms with Crippen molar-refractivity contribution >= 4 is 23.0 Å². The van der Waals surface area contributed by atoms with Gasteiger partial charge < -0.3 is 11.1 Å². The summed E-state index contributed by atoms with van der Waals surface area (Å²) >= 11 is 1.50. The van der Waals surface area contributed by atoms with Gasteiger partial charge in [-0.3, -0.25) is 0 Å². The molecule has 108 valence electrons. The van der Waals surface area contributed by atoms with E-state index >= 15 is 0 Å². The molecular formula is C11H12F3N5S. The molecule has 2 aromatic heterocycles. The van der Waals surface area contributed by atoms with Crippen LogP contribution in [0.15, 0.2) is 12.3 Å². The minimum Gasteiger partial charge on any atom is -0.384 e. The summed E-state index contributed by atoms with van der Waals surface area (Å²) in [6, 6.07) is 1.25. The first-order valence-corrected chi connectivity index (χ1v) is 6.59. The van der Waals surface area contributed by atoms with Crippen molar-refractivity contribution in [3.05, 3.63) is 28.0 Å². The van der Waals surface area contributed by atoms with Gasteiger partial charge in [0.2, 0.25) is 5.82 Å². The number of nitrogen functional groups attached to an aromatic ring is 1. The molecule has 2 heterocycles. The zero-order chi connectivity index (χ0) is 14.8. The fourth-order valence-electron chi connectivity index (χ4n) is 1.44. The smallest absolute Gasteiger partial charge is 0.384 e. The number of aryl methyl sites for hydroxylation is 1. The number of aromatic nitrogens is 3. The summed E-state index contributed by atoms with van der Waals surface area (Å²) in [4.78, 5) is 11.8. The van der Waals surface area contributed by atoms with E-state index in [1.165, 1.54) is 17.4 Å². The Hall–Kier alpha value is -1.90. The summed E-state index contributed by atoms with van der Waals surface area (Å²) in [5.74, 6) is -1.46. The molecule has 0 unspecified atom stereocenters. The predicted molar refractivity (Wildman–Crippen MR) is 70.3 cm³/mol. The topological polar surface area (TPSA) is 76.7 Å². The van der Waals surface area contributed by atoms with Crippen molar-refractivity contribution in [2.24, 2.45) is 0 Å². The van der Waals surface area contributed by atoms with Crippen LogP contribution in [0.3, 0.4) is 0 Å². The minimum absolute atomic E-state index is 0.0260. The van der Waals surface area contributed by atoms with Gasteiger partial charge in [0, 0.05) is 17.1 Å². The van der Waals surface area contributed by atoms with Crippen LogP contribution in [0.4, 0.5) is 24.8 Å². The third-order valence-electron chi connectivity index (χ3n) is 2.37. The van der Waals surface area contributed by atoms with Crippen LogP contribution in [0.25, 0.3) is 0 Å². The van der Waals surface area contributed by atoms with Crippen LogP contribution in [-0.2, 0) is 19.1 Å². The second-order valence-corrected chi connectivity index (χ2v) is 5.13. The first-order valence-electron chi connectivity index (χ1n) is 5.77. The molecule has 2 aromatic rings. The molecule has 0 aromatic carbocycles. The van der Waals surface area contributed by atoms with Crippen molar-refractivity contribution in [1.82, 2.24) is 15.0 Å². The predicted octanol–water partition coefficient (Wildman–Crippen LogP) is 2.71. The maximum atomic E-state index is 12.5. The fraction of sp³-hybridized carbons (Fsp3) is 0.364. The summed E-state index contributed by atoms with van der Waals surface area (Å²) in [6.07, 6.45) is -2.00. The van der Waals surface area contributed by atoms with Crippen LogP contribution < -0.4 is 11.1 Å². The summed E-state index contributed by atoms with van der Waals surface area (Å²) < 4.78 is 37.6. The molecule has 3 N–H and O–H groups in total. The molecule has 0 radical (unpaired) electrons. The van der Waals surface area contributed by atoms with Crippen molar-refractivity contribution in [3.8, 4) is 0 Å². The molecule has 5 nitrogen and oxygen atoms in total. The highest BCUT2D eigenvalue weighted by molar-refractivity contribution is 7.11. The molecule has 0 aliphatic carbocycles. The molecule has 0 aliphatic rings. The Morgan fingerprint density at radius 2 is 2.10 bits per heavy atom. The molecular weight excluding hydrogens is 291 g/mol. The van der Waals surface area contributed by atoms with Crippen molar-refractivity contribution < 1.29 is 13.2 Å². The largest absolute Gasteiger partial charge is 0.451 e. The van der Waals surface area contributed by atoms with E-state index in [1.807, 2.05) is 6.92 Å². The maximum absolute atomic E-state index is 12.5. The highest BCUT2D eigenvalue weighted by Crippen LogP contribution is 2.27. The number of alkyl halides is 3. The van der Waals surface area contributed by atoms with E-state index in [0.29, 0.717) is 6.54 Å². The average molecular weight is 303 g/mol. The Balaban J connectivity index is 2.11. The lowest BCUT2D eigenvalue weighted by molar-refractivity contribution is -0.144. The van der Waals surface area contributed by atoms with Crippen LogP contribution in [0, 0.1) is 0 Å². The Morgan fingerprint density at radius 3 is 2.70 bits per heavy atom. The molecule has 0 saturated heterocycles. The third kappa shape index (κ3) is 3.56. The molecule has 0 saturated carbocycles. The molecule has 0 fully saturated rings. The Bertz CT molecular complexity index is 596. The van der Waals surface area contributed by atoms with Crippen LogP contribution in [0.2, 0.25) is 0 Å². The zero-order valence-electron chi connectivity index (χ0n) is 10.5. The van der Waals surface area contributed by atoms with Gasteiger partial charge in [0.1, 0.15) is 16.6 Å². The number of nitrogens with two attached hydrogens (primary N) is 1. The van der Waals surface area contributed by atoms with E-state index < -0.39 is 12.0 Å². The van der Waals surface area contributed by atoms with Crippen molar-refractivity contribution in [2.45, 2.75) is 26.1 Å². The molecule has 0 atom stereocenters. The Morgan fingerprint density at radius 1 is 1.35 bits per heavy atom. The van der Waals surface area contributed by atoms with Gasteiger partial charge in [-0.15, -0.1) is 11.3 Å². The number of nitrogens with zero attached hydrogens (tertiary/aromatic N) is 3. The first kappa shape index (κ1) is 14.5. The summed E-state index contributed by atoms with van der Waals surface area (Å²) in [5, 5.41) is 3.54. The van der Waals surface area contributed by atoms with Gasteiger partial charge in [-0.25, -0.2) is 15.0 Å². The van der Waals surface area contributed by atoms with Gasteiger partial charge in [-0.2, -0.15) is 13.2 Å². The second-order valence-electron chi connectivity index (χ2n) is 3.93. The van der Waals surface area contributed by atoms with Gasteiger partial charge in [-0.1, -0.05) is 6.92 Å². The zero-order valence-corrected chi connectivity index (χ0v) is 11.3. The lowest BCUT2D eigenvalue weighted by Gasteiger charge is -2.09. The number of nitrogens with one attached hydrogen (secondary N) is 1.